The summed E-state index contributed by atoms with van der Waals surface area (Å²) in [6, 6.07) is 13.4. The van der Waals surface area contributed by atoms with Crippen molar-refractivity contribution in [1.29, 1.82) is 5.26 Å². The molecule has 20 heavy (non-hydrogen) atoms. The van der Waals surface area contributed by atoms with Gasteiger partial charge in [-0.05, 0) is 37.5 Å². The van der Waals surface area contributed by atoms with Crippen molar-refractivity contribution in [3.63, 3.8) is 0 Å². The first-order valence-corrected chi connectivity index (χ1v) is 7.24. The van der Waals surface area contributed by atoms with Crippen LogP contribution in [-0.2, 0) is 6.54 Å². The van der Waals surface area contributed by atoms with Gasteiger partial charge in [0.25, 0.3) is 0 Å². The average Bonchev–Trinajstić information content (AvgIpc) is 3.27. The highest BCUT2D eigenvalue weighted by atomic mass is 15.2. The van der Waals surface area contributed by atoms with E-state index in [4.69, 9.17) is 5.26 Å². The van der Waals surface area contributed by atoms with Crippen LogP contribution >= 0.6 is 0 Å². The molecular formula is C17H19N3. The molecule has 0 radical (unpaired) electrons. The van der Waals surface area contributed by atoms with Crippen molar-refractivity contribution in [3.05, 3.63) is 41.6 Å². The van der Waals surface area contributed by atoms with Gasteiger partial charge in [-0.25, -0.2) is 0 Å². The van der Waals surface area contributed by atoms with Crippen LogP contribution in [0.1, 0.15) is 30.5 Å². The largest absolute Gasteiger partial charge is 0.295 e. The van der Waals surface area contributed by atoms with E-state index in [0.29, 0.717) is 12.5 Å². The summed E-state index contributed by atoms with van der Waals surface area (Å²) in [5.41, 5.74) is 3.46. The van der Waals surface area contributed by atoms with E-state index in [2.05, 4.69) is 40.2 Å². The summed E-state index contributed by atoms with van der Waals surface area (Å²) in [7, 11) is 0. The quantitative estimate of drug-likeness (QED) is 0.831. The lowest BCUT2D eigenvalue weighted by Gasteiger charge is -2.21. The molecule has 3 rings (SSSR count). The molecule has 0 unspecified atom stereocenters. The van der Waals surface area contributed by atoms with Crippen LogP contribution in [0.25, 0.3) is 10.9 Å². The highest BCUT2D eigenvalue weighted by molar-refractivity contribution is 5.82. The number of hydrogen-bond acceptors (Lipinski definition) is 3. The first-order chi connectivity index (χ1) is 9.78. The highest BCUT2D eigenvalue weighted by Gasteiger charge is 2.28. The smallest absolute Gasteiger partial charge is 0.0708 e. The van der Waals surface area contributed by atoms with Gasteiger partial charge in [0.05, 0.1) is 11.6 Å². The number of nitrogens with zero attached hydrogens (tertiary/aromatic N) is 3. The van der Waals surface area contributed by atoms with Crippen LogP contribution in [0.4, 0.5) is 0 Å². The summed E-state index contributed by atoms with van der Waals surface area (Å²) < 4.78 is 0. The molecule has 0 amide bonds. The first-order valence-electron chi connectivity index (χ1n) is 7.24. The van der Waals surface area contributed by atoms with E-state index in [1.807, 2.05) is 13.0 Å². The molecule has 2 aromatic rings. The topological polar surface area (TPSA) is 39.9 Å². The molecule has 1 aliphatic carbocycles. The average molecular weight is 265 g/mol. The molecule has 0 saturated heterocycles. The first kappa shape index (κ1) is 13.1. The maximum Gasteiger partial charge on any atom is 0.0708 e. The minimum atomic E-state index is 0.610. The fourth-order valence-electron chi connectivity index (χ4n) is 2.77. The fraction of sp³-hybridized carbons (Fsp3) is 0.412. The Morgan fingerprint density at radius 2 is 2.15 bits per heavy atom. The molecule has 0 spiro atoms. The Balaban J connectivity index is 1.90. The molecule has 0 aliphatic heterocycles. The van der Waals surface area contributed by atoms with Crippen LogP contribution in [0.15, 0.2) is 30.3 Å². The monoisotopic (exact) mass is 265 g/mol. The second-order valence-corrected chi connectivity index (χ2v) is 5.55. The van der Waals surface area contributed by atoms with Gasteiger partial charge >= 0.3 is 0 Å². The molecule has 1 aromatic heterocycles. The zero-order chi connectivity index (χ0) is 13.9. The van der Waals surface area contributed by atoms with Gasteiger partial charge in [-0.1, -0.05) is 18.2 Å². The van der Waals surface area contributed by atoms with E-state index in [0.717, 1.165) is 24.3 Å². The van der Waals surface area contributed by atoms with Gasteiger partial charge in [0.15, 0.2) is 0 Å². The zero-order valence-electron chi connectivity index (χ0n) is 11.8. The molecule has 1 fully saturated rings. The second kappa shape index (κ2) is 5.60. The Hall–Kier alpha value is -1.92. The number of pyridine rings is 1. The molecule has 1 aliphatic rings. The van der Waals surface area contributed by atoms with E-state index >= 15 is 0 Å². The molecule has 0 atom stereocenters. The maximum absolute atomic E-state index is 8.81. The Labute approximate surface area is 119 Å². The fourth-order valence-corrected chi connectivity index (χ4v) is 2.77. The summed E-state index contributed by atoms with van der Waals surface area (Å²) in [5.74, 6) is 0. The highest BCUT2D eigenvalue weighted by Crippen LogP contribution is 2.30. The standard InChI is InChI=1S/C17H19N3/c1-13-11-14(16-5-2-3-6-17(16)19-13)12-20(10-4-9-18)15-7-8-15/h2-3,5-6,11,15H,4,7-8,10,12H2,1H3. The van der Waals surface area contributed by atoms with Crippen molar-refractivity contribution < 1.29 is 0 Å². The van der Waals surface area contributed by atoms with Crippen molar-refractivity contribution in [2.45, 2.75) is 38.8 Å². The van der Waals surface area contributed by atoms with E-state index in [1.165, 1.54) is 23.8 Å². The predicted molar refractivity (Wildman–Crippen MR) is 80.1 cm³/mol. The summed E-state index contributed by atoms with van der Waals surface area (Å²) in [6.07, 6.45) is 3.15. The molecule has 3 nitrogen and oxygen atoms in total. The second-order valence-electron chi connectivity index (χ2n) is 5.55. The maximum atomic E-state index is 8.81. The molecule has 102 valence electrons. The molecule has 1 saturated carbocycles. The van der Waals surface area contributed by atoms with Gasteiger partial charge < -0.3 is 0 Å². The predicted octanol–water partition coefficient (Wildman–Crippen LogP) is 3.42. The number of hydrogen-bond donors (Lipinski definition) is 0. The number of aromatic nitrogens is 1. The van der Waals surface area contributed by atoms with E-state index in [-0.39, 0.29) is 0 Å². The van der Waals surface area contributed by atoms with Crippen LogP contribution in [0.3, 0.4) is 0 Å². The third-order valence-corrected chi connectivity index (χ3v) is 3.88. The number of rotatable bonds is 5. The third kappa shape index (κ3) is 2.81. The number of fused-ring (bicyclic) bond motifs is 1. The SMILES string of the molecule is Cc1cc(CN(CCC#N)C2CC2)c2ccccc2n1. The summed E-state index contributed by atoms with van der Waals surface area (Å²) in [4.78, 5) is 7.04. The molecule has 0 bridgehead atoms. The Morgan fingerprint density at radius 1 is 1.35 bits per heavy atom. The van der Waals surface area contributed by atoms with Gasteiger partial charge in [0, 0.05) is 36.6 Å². The van der Waals surface area contributed by atoms with Crippen molar-refractivity contribution in [2.75, 3.05) is 6.54 Å². The Morgan fingerprint density at radius 3 is 2.90 bits per heavy atom. The molecular weight excluding hydrogens is 246 g/mol. The van der Waals surface area contributed by atoms with Gasteiger partial charge in [-0.15, -0.1) is 0 Å². The molecule has 1 heterocycles. The van der Waals surface area contributed by atoms with Gasteiger partial charge in [-0.3, -0.25) is 9.88 Å². The number of para-hydroxylation sites is 1. The lowest BCUT2D eigenvalue weighted by molar-refractivity contribution is 0.262. The van der Waals surface area contributed by atoms with Crippen LogP contribution in [0.2, 0.25) is 0 Å². The molecule has 0 N–H and O–H groups in total. The van der Waals surface area contributed by atoms with Crippen LogP contribution in [0, 0.1) is 18.3 Å². The summed E-state index contributed by atoms with van der Waals surface area (Å²) >= 11 is 0. The lowest BCUT2D eigenvalue weighted by atomic mass is 10.1. The van der Waals surface area contributed by atoms with Crippen LogP contribution in [0.5, 0.6) is 0 Å². The molecule has 1 aromatic carbocycles. The van der Waals surface area contributed by atoms with Crippen LogP contribution in [-0.4, -0.2) is 22.5 Å². The Bertz CT molecular complexity index is 653. The van der Waals surface area contributed by atoms with Crippen molar-refractivity contribution >= 4 is 10.9 Å². The van der Waals surface area contributed by atoms with Crippen molar-refractivity contribution in [2.24, 2.45) is 0 Å². The van der Waals surface area contributed by atoms with Gasteiger partial charge in [0.2, 0.25) is 0 Å². The number of nitriles is 1. The Kier molecular flexibility index (Phi) is 3.66. The lowest BCUT2D eigenvalue weighted by Crippen LogP contribution is -2.26. The minimum absolute atomic E-state index is 0.610. The van der Waals surface area contributed by atoms with E-state index in [9.17, 15) is 0 Å². The summed E-state index contributed by atoms with van der Waals surface area (Å²) in [5, 5.41) is 10.0. The van der Waals surface area contributed by atoms with Gasteiger partial charge in [-0.2, -0.15) is 5.26 Å². The number of benzene rings is 1. The van der Waals surface area contributed by atoms with Crippen molar-refractivity contribution in [3.8, 4) is 6.07 Å². The normalized spacial score (nSPS) is 14.7. The van der Waals surface area contributed by atoms with Crippen LogP contribution < -0.4 is 0 Å². The zero-order valence-corrected chi connectivity index (χ0v) is 11.8. The van der Waals surface area contributed by atoms with Gasteiger partial charge in [0.1, 0.15) is 0 Å². The minimum Gasteiger partial charge on any atom is -0.295 e. The van der Waals surface area contributed by atoms with E-state index in [1.54, 1.807) is 0 Å². The van der Waals surface area contributed by atoms with E-state index < -0.39 is 0 Å². The number of aryl methyl sites for hydroxylation is 1. The third-order valence-electron chi connectivity index (χ3n) is 3.88. The molecule has 3 heteroatoms. The van der Waals surface area contributed by atoms with Crippen molar-refractivity contribution in [1.82, 2.24) is 9.88 Å². The summed E-state index contributed by atoms with van der Waals surface area (Å²) in [6.45, 7) is 3.85.